The molecule has 4 aromatic heterocycles. The molecule has 1 saturated heterocycles. The number of nitriles is 1. The zero-order valence-corrected chi connectivity index (χ0v) is 22.0. The number of terminal acetylenes is 1. The summed E-state index contributed by atoms with van der Waals surface area (Å²) in [4.78, 5) is 21.9. The van der Waals surface area contributed by atoms with Gasteiger partial charge in [-0.15, -0.1) is 6.42 Å². The van der Waals surface area contributed by atoms with E-state index in [4.69, 9.17) is 11.4 Å². The van der Waals surface area contributed by atoms with Crippen molar-refractivity contribution in [3.8, 4) is 40.7 Å². The number of ketones is 1. The van der Waals surface area contributed by atoms with Crippen LogP contribution in [0.5, 0.6) is 0 Å². The number of nitrogens with zero attached hydrogens (tertiary/aromatic N) is 8. The molecule has 0 unspecified atom stereocenters. The molecular weight excluding hydrogens is 500 g/mol. The molecular formula is C31H26N8O. The van der Waals surface area contributed by atoms with Crippen LogP contribution in [0.3, 0.4) is 0 Å². The van der Waals surface area contributed by atoms with Crippen LogP contribution in [-0.4, -0.2) is 67.8 Å². The van der Waals surface area contributed by atoms with Crippen molar-refractivity contribution in [2.24, 2.45) is 7.05 Å². The number of carbonyl (C=O) groups excluding carboxylic acids is 1. The summed E-state index contributed by atoms with van der Waals surface area (Å²) >= 11 is 0. The van der Waals surface area contributed by atoms with Crippen LogP contribution in [0.1, 0.15) is 21.5 Å². The van der Waals surface area contributed by atoms with Gasteiger partial charge in [-0.25, -0.2) is 9.50 Å². The van der Waals surface area contributed by atoms with Crippen molar-refractivity contribution in [3.63, 3.8) is 0 Å². The SMILES string of the molecule is C#Cc1ccc(C(=O)CN2CCN(c3ccc(-c4cc(-c5cnn(C)c5)cn5ncc(C#N)c45)cn3)CC2)cc1. The predicted molar refractivity (Wildman–Crippen MR) is 153 cm³/mol. The molecule has 1 aliphatic heterocycles. The van der Waals surface area contributed by atoms with Crippen LogP contribution >= 0.6 is 0 Å². The number of fused-ring (bicyclic) bond motifs is 1. The van der Waals surface area contributed by atoms with Crippen molar-refractivity contribution < 1.29 is 4.79 Å². The molecule has 0 aliphatic carbocycles. The average Bonchev–Trinajstić information content (AvgIpc) is 3.63. The van der Waals surface area contributed by atoms with Crippen LogP contribution < -0.4 is 4.90 Å². The molecule has 0 atom stereocenters. The smallest absolute Gasteiger partial charge is 0.176 e. The van der Waals surface area contributed by atoms with Gasteiger partial charge in [0.05, 0.1) is 30.0 Å². The van der Waals surface area contributed by atoms with Gasteiger partial charge >= 0.3 is 0 Å². The van der Waals surface area contributed by atoms with Crippen molar-refractivity contribution in [3.05, 3.63) is 90.1 Å². The van der Waals surface area contributed by atoms with Crippen LogP contribution in [0, 0.1) is 23.7 Å². The molecule has 9 nitrogen and oxygen atoms in total. The summed E-state index contributed by atoms with van der Waals surface area (Å²) in [6.45, 7) is 3.47. The number of aryl methyl sites for hydroxylation is 1. The average molecular weight is 527 g/mol. The normalized spacial score (nSPS) is 13.7. The largest absolute Gasteiger partial charge is 0.354 e. The fourth-order valence-electron chi connectivity index (χ4n) is 5.07. The first-order chi connectivity index (χ1) is 19.5. The third-order valence-electron chi connectivity index (χ3n) is 7.27. The minimum atomic E-state index is 0.0935. The highest BCUT2D eigenvalue weighted by atomic mass is 16.1. The number of piperazine rings is 1. The molecule has 0 spiro atoms. The predicted octanol–water partition coefficient (Wildman–Crippen LogP) is 3.65. The molecule has 0 N–H and O–H groups in total. The number of benzene rings is 1. The molecule has 40 heavy (non-hydrogen) atoms. The van der Waals surface area contributed by atoms with E-state index in [1.54, 1.807) is 39.7 Å². The van der Waals surface area contributed by atoms with Crippen molar-refractivity contribution in [1.82, 2.24) is 29.3 Å². The number of Topliss-reactive ketones (excluding diaryl/α,β-unsaturated/α-hetero) is 1. The van der Waals surface area contributed by atoms with Crippen LogP contribution in [-0.2, 0) is 7.05 Å². The summed E-state index contributed by atoms with van der Waals surface area (Å²) in [6, 6.07) is 15.6. The van der Waals surface area contributed by atoms with Gasteiger partial charge in [0.15, 0.2) is 5.78 Å². The Hall–Kier alpha value is -5.25. The van der Waals surface area contributed by atoms with Crippen molar-refractivity contribution in [1.29, 1.82) is 5.26 Å². The molecule has 6 rings (SSSR count). The minimum absolute atomic E-state index is 0.0935. The molecule has 1 fully saturated rings. The van der Waals surface area contributed by atoms with E-state index in [2.05, 4.69) is 38.1 Å². The fourth-order valence-corrected chi connectivity index (χ4v) is 5.07. The molecule has 9 heteroatoms. The summed E-state index contributed by atoms with van der Waals surface area (Å²) in [7, 11) is 1.88. The second-order valence-corrected chi connectivity index (χ2v) is 9.82. The molecule has 196 valence electrons. The van der Waals surface area contributed by atoms with E-state index in [1.165, 1.54) is 0 Å². The molecule has 0 radical (unpaired) electrons. The highest BCUT2D eigenvalue weighted by molar-refractivity contribution is 5.97. The third kappa shape index (κ3) is 4.82. The van der Waals surface area contributed by atoms with Gasteiger partial charge in [0.2, 0.25) is 0 Å². The van der Waals surface area contributed by atoms with Crippen molar-refractivity contribution in [2.75, 3.05) is 37.6 Å². The Morgan fingerprint density at radius 3 is 2.40 bits per heavy atom. The second kappa shape index (κ2) is 10.5. The summed E-state index contributed by atoms with van der Waals surface area (Å²) in [5.41, 5.74) is 6.40. The molecule has 5 aromatic rings. The lowest BCUT2D eigenvalue weighted by Crippen LogP contribution is -2.48. The van der Waals surface area contributed by atoms with Gasteiger partial charge in [-0.05, 0) is 30.3 Å². The first-order valence-corrected chi connectivity index (χ1v) is 13.0. The Labute approximate surface area is 231 Å². The highest BCUT2D eigenvalue weighted by Crippen LogP contribution is 2.32. The number of aromatic nitrogens is 5. The van der Waals surface area contributed by atoms with E-state index in [0.29, 0.717) is 17.7 Å². The van der Waals surface area contributed by atoms with Gasteiger partial charge in [0.1, 0.15) is 11.9 Å². The zero-order valence-electron chi connectivity index (χ0n) is 22.0. The van der Waals surface area contributed by atoms with Crippen LogP contribution in [0.25, 0.3) is 27.8 Å². The maximum atomic E-state index is 12.7. The lowest BCUT2D eigenvalue weighted by Gasteiger charge is -2.35. The number of pyridine rings is 2. The lowest BCUT2D eigenvalue weighted by molar-refractivity contribution is 0.0926. The van der Waals surface area contributed by atoms with E-state index >= 15 is 0 Å². The minimum Gasteiger partial charge on any atom is -0.354 e. The van der Waals surface area contributed by atoms with Gasteiger partial charge in [0, 0.05) is 85.2 Å². The van der Waals surface area contributed by atoms with Gasteiger partial charge < -0.3 is 4.90 Å². The van der Waals surface area contributed by atoms with Gasteiger partial charge in [0.25, 0.3) is 0 Å². The number of carbonyl (C=O) groups is 1. The Bertz CT molecular complexity index is 1780. The quantitative estimate of drug-likeness (QED) is 0.246. The van der Waals surface area contributed by atoms with Gasteiger partial charge in [-0.2, -0.15) is 15.5 Å². The molecule has 0 bridgehead atoms. The maximum absolute atomic E-state index is 12.7. The number of rotatable bonds is 6. The number of hydrogen-bond donors (Lipinski definition) is 0. The van der Waals surface area contributed by atoms with Crippen LogP contribution in [0.2, 0.25) is 0 Å². The Morgan fingerprint density at radius 2 is 1.75 bits per heavy atom. The van der Waals surface area contributed by atoms with Crippen molar-refractivity contribution >= 4 is 17.1 Å². The third-order valence-corrected chi connectivity index (χ3v) is 7.27. The second-order valence-electron chi connectivity index (χ2n) is 9.82. The Morgan fingerprint density at radius 1 is 0.950 bits per heavy atom. The first-order valence-electron chi connectivity index (χ1n) is 13.0. The summed E-state index contributed by atoms with van der Waals surface area (Å²) in [6.07, 6.45) is 14.5. The van der Waals surface area contributed by atoms with Crippen molar-refractivity contribution in [2.45, 2.75) is 0 Å². The first kappa shape index (κ1) is 25.1. The van der Waals surface area contributed by atoms with Crippen LogP contribution in [0.15, 0.2) is 73.4 Å². The summed E-state index contributed by atoms with van der Waals surface area (Å²) < 4.78 is 3.50. The molecule has 0 amide bonds. The standard InChI is InChI=1S/C31H26N8O/c1-3-22-4-6-23(7-5-22)29(40)21-37-10-12-38(13-11-37)30-9-8-24(16-33-30)28-14-25(27-18-34-36(2)19-27)20-39-31(28)26(15-32)17-35-39/h1,4-9,14,16-20H,10-13,21H2,2H3. The monoisotopic (exact) mass is 526 g/mol. The van der Waals surface area contributed by atoms with E-state index < -0.39 is 0 Å². The maximum Gasteiger partial charge on any atom is 0.176 e. The van der Waals surface area contributed by atoms with Gasteiger partial charge in [-0.1, -0.05) is 18.1 Å². The molecule has 1 aliphatic rings. The lowest BCUT2D eigenvalue weighted by atomic mass is 10.0. The fraction of sp³-hybridized carbons (Fsp3) is 0.194. The summed E-state index contributed by atoms with van der Waals surface area (Å²) in [5.74, 6) is 3.55. The molecule has 0 saturated carbocycles. The zero-order chi connectivity index (χ0) is 27.6. The number of anilines is 1. The Kier molecular flexibility index (Phi) is 6.57. The summed E-state index contributed by atoms with van der Waals surface area (Å²) in [5, 5.41) is 18.4. The molecule has 5 heterocycles. The van der Waals surface area contributed by atoms with E-state index in [-0.39, 0.29) is 5.78 Å². The van der Waals surface area contributed by atoms with E-state index in [1.807, 2.05) is 44.0 Å². The van der Waals surface area contributed by atoms with E-state index in [9.17, 15) is 10.1 Å². The highest BCUT2D eigenvalue weighted by Gasteiger charge is 2.21. The topological polar surface area (TPSA) is 95.4 Å². The van der Waals surface area contributed by atoms with Gasteiger partial charge in [-0.3, -0.25) is 14.4 Å². The van der Waals surface area contributed by atoms with Crippen LogP contribution in [0.4, 0.5) is 5.82 Å². The molecule has 1 aromatic carbocycles. The number of hydrogen-bond acceptors (Lipinski definition) is 7. The van der Waals surface area contributed by atoms with E-state index in [0.717, 1.165) is 65.3 Å². The Balaban J connectivity index is 1.18.